The van der Waals surface area contributed by atoms with Crippen LogP contribution >= 0.6 is 11.3 Å². The predicted octanol–water partition coefficient (Wildman–Crippen LogP) is 5.58. The number of nitrogens with zero attached hydrogens (tertiary/aromatic N) is 3. The summed E-state index contributed by atoms with van der Waals surface area (Å²) in [4.78, 5) is 5.23. The lowest BCUT2D eigenvalue weighted by Gasteiger charge is -2.13. The molecule has 1 aromatic heterocycles. The van der Waals surface area contributed by atoms with E-state index in [0.29, 0.717) is 11.1 Å². The highest BCUT2D eigenvalue weighted by Gasteiger charge is 2.21. The number of hydrogen-bond donors (Lipinski definition) is 0. The van der Waals surface area contributed by atoms with Gasteiger partial charge in [-0.3, -0.25) is 4.99 Å². The molecule has 0 saturated heterocycles. The third-order valence-electron chi connectivity index (χ3n) is 5.86. The zero-order valence-electron chi connectivity index (χ0n) is 21.4. The van der Waals surface area contributed by atoms with E-state index in [1.807, 2.05) is 18.4 Å². The lowest BCUT2D eigenvalue weighted by Crippen LogP contribution is -2.12. The van der Waals surface area contributed by atoms with Crippen molar-refractivity contribution in [2.45, 2.75) is 32.1 Å². The Morgan fingerprint density at radius 3 is 2.43 bits per heavy atom. The van der Waals surface area contributed by atoms with Crippen molar-refractivity contribution in [2.75, 3.05) is 14.2 Å². The summed E-state index contributed by atoms with van der Waals surface area (Å²) < 4.78 is 38.6. The molecular formula is C28H29N3O4S2. The Labute approximate surface area is 221 Å². The van der Waals surface area contributed by atoms with E-state index in [1.54, 1.807) is 55.2 Å². The number of rotatable bonds is 8. The molecule has 0 amide bonds. The molecule has 0 aliphatic heterocycles. The number of ether oxygens (including phenoxy) is 1. The highest BCUT2D eigenvalue weighted by atomic mass is 32.2. The van der Waals surface area contributed by atoms with E-state index < -0.39 is 10.1 Å². The van der Waals surface area contributed by atoms with Gasteiger partial charge < -0.3 is 8.92 Å². The molecule has 0 bridgehead atoms. The highest BCUT2D eigenvalue weighted by Crippen LogP contribution is 2.31. The van der Waals surface area contributed by atoms with Crippen LogP contribution in [0.4, 0.5) is 0 Å². The SMILES string of the molecule is CCc1ccc(-c2csc(=NC)n2/N=C/c2ccc(OS(=O)(=O)c3cc(C)ccc3C)c(OC)c2)cc1. The van der Waals surface area contributed by atoms with E-state index in [2.05, 4.69) is 41.3 Å². The summed E-state index contributed by atoms with van der Waals surface area (Å²) in [5.41, 5.74) is 5.38. The lowest BCUT2D eigenvalue weighted by atomic mass is 10.1. The molecule has 7 nitrogen and oxygen atoms in total. The molecule has 9 heteroatoms. The topological polar surface area (TPSA) is 82.2 Å². The van der Waals surface area contributed by atoms with Crippen LogP contribution in [0.3, 0.4) is 0 Å². The van der Waals surface area contributed by atoms with Gasteiger partial charge in [-0.1, -0.05) is 43.3 Å². The van der Waals surface area contributed by atoms with Gasteiger partial charge in [-0.15, -0.1) is 11.3 Å². The van der Waals surface area contributed by atoms with Crippen molar-refractivity contribution in [3.63, 3.8) is 0 Å². The first-order valence-corrected chi connectivity index (χ1v) is 14.0. The molecule has 0 fully saturated rings. The highest BCUT2D eigenvalue weighted by molar-refractivity contribution is 7.87. The van der Waals surface area contributed by atoms with Gasteiger partial charge in [0.2, 0.25) is 4.80 Å². The van der Waals surface area contributed by atoms with Gasteiger partial charge >= 0.3 is 10.1 Å². The van der Waals surface area contributed by atoms with Crippen molar-refractivity contribution < 1.29 is 17.3 Å². The van der Waals surface area contributed by atoms with Gasteiger partial charge in [0.25, 0.3) is 0 Å². The molecule has 0 radical (unpaired) electrons. The Kier molecular flexibility index (Phi) is 7.94. The number of benzene rings is 3. The minimum absolute atomic E-state index is 0.102. The molecule has 3 aromatic carbocycles. The van der Waals surface area contributed by atoms with E-state index >= 15 is 0 Å². The van der Waals surface area contributed by atoms with Gasteiger partial charge in [0.05, 0.1) is 19.0 Å². The van der Waals surface area contributed by atoms with Crippen molar-refractivity contribution in [1.82, 2.24) is 4.68 Å². The second-order valence-electron chi connectivity index (χ2n) is 8.45. The van der Waals surface area contributed by atoms with Crippen molar-refractivity contribution in [3.8, 4) is 22.8 Å². The number of methoxy groups -OCH3 is 1. The fourth-order valence-corrected chi connectivity index (χ4v) is 5.83. The number of hydrogen-bond acceptors (Lipinski definition) is 7. The van der Waals surface area contributed by atoms with Crippen LogP contribution < -0.4 is 13.7 Å². The minimum Gasteiger partial charge on any atom is -0.493 e. The third-order valence-corrected chi connectivity index (χ3v) is 8.14. The van der Waals surface area contributed by atoms with Crippen molar-refractivity contribution >= 4 is 27.7 Å². The monoisotopic (exact) mass is 535 g/mol. The van der Waals surface area contributed by atoms with Gasteiger partial charge in [0, 0.05) is 18.0 Å². The Balaban J connectivity index is 1.64. The van der Waals surface area contributed by atoms with E-state index in [1.165, 1.54) is 24.0 Å². The second-order valence-corrected chi connectivity index (χ2v) is 10.8. The number of aromatic nitrogens is 1. The summed E-state index contributed by atoms with van der Waals surface area (Å²) in [5.74, 6) is 0.383. The molecular weight excluding hydrogens is 506 g/mol. The van der Waals surface area contributed by atoms with Gasteiger partial charge in [-0.25, -0.2) is 4.68 Å². The van der Waals surface area contributed by atoms with E-state index in [-0.39, 0.29) is 16.4 Å². The molecule has 0 N–H and O–H groups in total. The van der Waals surface area contributed by atoms with Crippen LogP contribution in [0.25, 0.3) is 11.3 Å². The zero-order chi connectivity index (χ0) is 26.6. The molecule has 37 heavy (non-hydrogen) atoms. The van der Waals surface area contributed by atoms with Gasteiger partial charge in [-0.2, -0.15) is 13.5 Å². The molecule has 0 unspecified atom stereocenters. The summed E-state index contributed by atoms with van der Waals surface area (Å²) in [6.45, 7) is 5.70. The summed E-state index contributed by atoms with van der Waals surface area (Å²) in [6.07, 6.45) is 2.65. The van der Waals surface area contributed by atoms with Gasteiger partial charge in [-0.05, 0) is 66.8 Å². The van der Waals surface area contributed by atoms with Crippen molar-refractivity contribution in [3.05, 3.63) is 93.1 Å². The molecule has 4 rings (SSSR count). The molecule has 0 spiro atoms. The number of thiazole rings is 1. The maximum atomic E-state index is 13.0. The first kappa shape index (κ1) is 26.4. The van der Waals surface area contributed by atoms with E-state index in [0.717, 1.165) is 28.0 Å². The zero-order valence-corrected chi connectivity index (χ0v) is 23.1. The largest absolute Gasteiger partial charge is 0.493 e. The average molecular weight is 536 g/mol. The summed E-state index contributed by atoms with van der Waals surface area (Å²) >= 11 is 1.50. The molecule has 192 valence electrons. The molecule has 0 saturated carbocycles. The first-order chi connectivity index (χ1) is 17.7. The van der Waals surface area contributed by atoms with Gasteiger partial charge in [0.1, 0.15) is 4.90 Å². The summed E-state index contributed by atoms with van der Waals surface area (Å²) in [7, 11) is -0.844. The van der Waals surface area contributed by atoms with Crippen LogP contribution in [0.15, 0.2) is 81.0 Å². The Morgan fingerprint density at radius 2 is 1.76 bits per heavy atom. The van der Waals surface area contributed by atoms with Crippen LogP contribution in [0, 0.1) is 13.8 Å². The molecule has 1 heterocycles. The standard InChI is InChI=1S/C28H29N3O4S2/c1-6-21-9-12-23(13-10-21)24-18-36-28(29-4)31(24)30-17-22-11-14-25(26(16-22)34-5)35-37(32,33)27-15-19(2)7-8-20(27)3/h7-18H,6H2,1-5H3/b29-28?,30-17+. The molecule has 0 aliphatic rings. The first-order valence-electron chi connectivity index (χ1n) is 11.7. The fourth-order valence-electron chi connectivity index (χ4n) is 3.77. The van der Waals surface area contributed by atoms with Gasteiger partial charge in [0.15, 0.2) is 11.5 Å². The summed E-state index contributed by atoms with van der Waals surface area (Å²) in [6, 6.07) is 18.6. The van der Waals surface area contributed by atoms with E-state index in [9.17, 15) is 8.42 Å². The lowest BCUT2D eigenvalue weighted by molar-refractivity contribution is 0.390. The molecule has 0 aliphatic carbocycles. The fraction of sp³-hybridized carbons (Fsp3) is 0.214. The minimum atomic E-state index is -4.04. The maximum absolute atomic E-state index is 13.0. The third kappa shape index (κ3) is 5.84. The predicted molar refractivity (Wildman–Crippen MR) is 148 cm³/mol. The quantitative estimate of drug-likeness (QED) is 0.218. The Hall–Kier alpha value is -3.69. The van der Waals surface area contributed by atoms with Crippen LogP contribution in [-0.4, -0.2) is 33.5 Å². The normalized spacial score (nSPS) is 12.3. The summed E-state index contributed by atoms with van der Waals surface area (Å²) in [5, 5.41) is 6.69. The second kappa shape index (κ2) is 11.1. The number of aryl methyl sites for hydroxylation is 3. The maximum Gasteiger partial charge on any atom is 0.339 e. The smallest absolute Gasteiger partial charge is 0.339 e. The Morgan fingerprint density at radius 1 is 1.00 bits per heavy atom. The Bertz CT molecular complexity index is 1620. The molecule has 4 aromatic rings. The van der Waals surface area contributed by atoms with E-state index in [4.69, 9.17) is 8.92 Å². The average Bonchev–Trinajstić information content (AvgIpc) is 3.32. The van der Waals surface area contributed by atoms with Crippen LogP contribution in [-0.2, 0) is 16.5 Å². The van der Waals surface area contributed by atoms with Crippen LogP contribution in [0.2, 0.25) is 0 Å². The van der Waals surface area contributed by atoms with Crippen LogP contribution in [0.5, 0.6) is 11.5 Å². The van der Waals surface area contributed by atoms with Crippen molar-refractivity contribution in [1.29, 1.82) is 0 Å². The molecule has 0 atom stereocenters. The van der Waals surface area contributed by atoms with Crippen molar-refractivity contribution in [2.24, 2.45) is 10.1 Å². The van der Waals surface area contributed by atoms with Crippen LogP contribution in [0.1, 0.15) is 29.2 Å².